The SMILES string of the molecule is CCCCCCC(C)Oc1ccncc1CNCC. The molecule has 0 spiro atoms. The molecule has 1 aromatic rings. The van der Waals surface area contributed by atoms with Crippen LogP contribution in [-0.2, 0) is 6.54 Å². The highest BCUT2D eigenvalue weighted by atomic mass is 16.5. The molecule has 108 valence electrons. The van der Waals surface area contributed by atoms with E-state index in [9.17, 15) is 0 Å². The van der Waals surface area contributed by atoms with Gasteiger partial charge in [-0.1, -0.05) is 33.1 Å². The zero-order valence-corrected chi connectivity index (χ0v) is 12.6. The Balaban J connectivity index is 2.41. The smallest absolute Gasteiger partial charge is 0.127 e. The summed E-state index contributed by atoms with van der Waals surface area (Å²) in [6.07, 6.45) is 10.3. The fraction of sp³-hybridized carbons (Fsp3) is 0.688. The Morgan fingerprint density at radius 1 is 1.26 bits per heavy atom. The van der Waals surface area contributed by atoms with Gasteiger partial charge >= 0.3 is 0 Å². The average Bonchev–Trinajstić information content (AvgIpc) is 2.43. The molecule has 1 heterocycles. The van der Waals surface area contributed by atoms with E-state index < -0.39 is 0 Å². The molecular formula is C16H28N2O. The van der Waals surface area contributed by atoms with Crippen molar-refractivity contribution in [3.05, 3.63) is 24.0 Å². The molecule has 0 aliphatic heterocycles. The van der Waals surface area contributed by atoms with Gasteiger partial charge in [-0.3, -0.25) is 4.98 Å². The van der Waals surface area contributed by atoms with Gasteiger partial charge in [0.05, 0.1) is 6.10 Å². The Morgan fingerprint density at radius 3 is 2.84 bits per heavy atom. The van der Waals surface area contributed by atoms with Gasteiger partial charge < -0.3 is 10.1 Å². The van der Waals surface area contributed by atoms with E-state index in [-0.39, 0.29) is 6.10 Å². The van der Waals surface area contributed by atoms with E-state index in [1.165, 1.54) is 25.7 Å². The lowest BCUT2D eigenvalue weighted by atomic mass is 10.1. The topological polar surface area (TPSA) is 34.1 Å². The van der Waals surface area contributed by atoms with Crippen molar-refractivity contribution in [1.29, 1.82) is 0 Å². The van der Waals surface area contributed by atoms with Crippen molar-refractivity contribution in [2.24, 2.45) is 0 Å². The zero-order chi connectivity index (χ0) is 13.9. The van der Waals surface area contributed by atoms with Gasteiger partial charge in [0, 0.05) is 24.5 Å². The van der Waals surface area contributed by atoms with Gasteiger partial charge in [-0.15, -0.1) is 0 Å². The van der Waals surface area contributed by atoms with E-state index in [1.54, 1.807) is 6.20 Å². The highest BCUT2D eigenvalue weighted by Gasteiger charge is 2.08. The summed E-state index contributed by atoms with van der Waals surface area (Å²) in [5, 5.41) is 3.32. The standard InChI is InChI=1S/C16H28N2O/c1-4-6-7-8-9-14(3)19-16-10-11-18-13-15(16)12-17-5-2/h10-11,13-14,17H,4-9,12H2,1-3H3. The maximum absolute atomic E-state index is 6.04. The third kappa shape index (κ3) is 6.58. The molecular weight excluding hydrogens is 236 g/mol. The molecule has 0 amide bonds. The molecule has 1 unspecified atom stereocenters. The molecule has 0 aliphatic carbocycles. The first-order chi connectivity index (χ1) is 9.27. The molecule has 0 aliphatic rings. The van der Waals surface area contributed by atoms with Crippen molar-refractivity contribution in [3.8, 4) is 5.75 Å². The number of ether oxygens (including phenoxy) is 1. The molecule has 1 N–H and O–H groups in total. The first-order valence-electron chi connectivity index (χ1n) is 7.58. The number of hydrogen-bond donors (Lipinski definition) is 1. The molecule has 0 bridgehead atoms. The number of aromatic nitrogens is 1. The van der Waals surface area contributed by atoms with Gasteiger partial charge in [-0.05, 0) is 32.4 Å². The Kier molecular flexibility index (Phi) is 8.23. The third-order valence-corrected chi connectivity index (χ3v) is 3.22. The first kappa shape index (κ1) is 16.0. The fourth-order valence-corrected chi connectivity index (χ4v) is 2.06. The maximum Gasteiger partial charge on any atom is 0.127 e. The van der Waals surface area contributed by atoms with E-state index in [2.05, 4.69) is 31.1 Å². The van der Waals surface area contributed by atoms with Gasteiger partial charge in [-0.25, -0.2) is 0 Å². The average molecular weight is 264 g/mol. The van der Waals surface area contributed by atoms with E-state index in [0.29, 0.717) is 0 Å². The molecule has 1 atom stereocenters. The van der Waals surface area contributed by atoms with Crippen LogP contribution in [0.15, 0.2) is 18.5 Å². The van der Waals surface area contributed by atoms with Crippen molar-refractivity contribution in [3.63, 3.8) is 0 Å². The van der Waals surface area contributed by atoms with Crippen LogP contribution in [0.4, 0.5) is 0 Å². The summed E-state index contributed by atoms with van der Waals surface area (Å²) in [6.45, 7) is 8.28. The second-order valence-electron chi connectivity index (χ2n) is 5.04. The minimum Gasteiger partial charge on any atom is -0.490 e. The number of rotatable bonds is 10. The second-order valence-corrected chi connectivity index (χ2v) is 5.04. The van der Waals surface area contributed by atoms with Crippen LogP contribution in [0.1, 0.15) is 58.4 Å². The maximum atomic E-state index is 6.04. The van der Waals surface area contributed by atoms with Crippen LogP contribution in [0.25, 0.3) is 0 Å². The van der Waals surface area contributed by atoms with Crippen molar-refractivity contribution in [2.45, 2.75) is 65.5 Å². The van der Waals surface area contributed by atoms with Crippen LogP contribution in [0.5, 0.6) is 5.75 Å². The highest BCUT2D eigenvalue weighted by molar-refractivity contribution is 5.30. The quantitative estimate of drug-likeness (QED) is 0.650. The Morgan fingerprint density at radius 2 is 2.11 bits per heavy atom. The van der Waals surface area contributed by atoms with Gasteiger partial charge in [0.1, 0.15) is 5.75 Å². The molecule has 0 fully saturated rings. The summed E-state index contributed by atoms with van der Waals surface area (Å²) >= 11 is 0. The second kappa shape index (κ2) is 9.79. The van der Waals surface area contributed by atoms with Crippen LogP contribution in [0.2, 0.25) is 0 Å². The lowest BCUT2D eigenvalue weighted by Crippen LogP contribution is -2.16. The monoisotopic (exact) mass is 264 g/mol. The Labute approximate surface area is 117 Å². The van der Waals surface area contributed by atoms with Crippen molar-refractivity contribution < 1.29 is 4.74 Å². The molecule has 0 aromatic carbocycles. The van der Waals surface area contributed by atoms with E-state index >= 15 is 0 Å². The summed E-state index contributed by atoms with van der Waals surface area (Å²) in [5.41, 5.74) is 1.14. The van der Waals surface area contributed by atoms with Gasteiger partial charge in [0.2, 0.25) is 0 Å². The van der Waals surface area contributed by atoms with E-state index in [1.807, 2.05) is 12.3 Å². The van der Waals surface area contributed by atoms with Crippen molar-refractivity contribution in [1.82, 2.24) is 10.3 Å². The third-order valence-electron chi connectivity index (χ3n) is 3.22. The zero-order valence-electron chi connectivity index (χ0n) is 12.6. The predicted molar refractivity (Wildman–Crippen MR) is 80.5 cm³/mol. The van der Waals surface area contributed by atoms with Gasteiger partial charge in [0.15, 0.2) is 0 Å². The summed E-state index contributed by atoms with van der Waals surface area (Å²) in [7, 11) is 0. The number of nitrogens with zero attached hydrogens (tertiary/aromatic N) is 1. The van der Waals surface area contributed by atoms with Crippen LogP contribution >= 0.6 is 0 Å². The normalized spacial score (nSPS) is 12.4. The predicted octanol–water partition coefficient (Wildman–Crippen LogP) is 3.93. The lowest BCUT2D eigenvalue weighted by Gasteiger charge is -2.17. The summed E-state index contributed by atoms with van der Waals surface area (Å²) in [6, 6.07) is 1.97. The molecule has 1 aromatic heterocycles. The molecule has 0 saturated heterocycles. The Hall–Kier alpha value is -1.09. The number of hydrogen-bond acceptors (Lipinski definition) is 3. The van der Waals surface area contributed by atoms with Gasteiger partial charge in [-0.2, -0.15) is 0 Å². The van der Waals surface area contributed by atoms with E-state index in [4.69, 9.17) is 4.74 Å². The minimum absolute atomic E-state index is 0.277. The molecule has 3 nitrogen and oxygen atoms in total. The molecule has 19 heavy (non-hydrogen) atoms. The lowest BCUT2D eigenvalue weighted by molar-refractivity contribution is 0.204. The number of unbranched alkanes of at least 4 members (excludes halogenated alkanes) is 3. The largest absolute Gasteiger partial charge is 0.490 e. The molecule has 1 rings (SSSR count). The van der Waals surface area contributed by atoms with Gasteiger partial charge in [0.25, 0.3) is 0 Å². The van der Waals surface area contributed by atoms with Crippen LogP contribution in [-0.4, -0.2) is 17.6 Å². The van der Waals surface area contributed by atoms with Crippen LogP contribution < -0.4 is 10.1 Å². The number of pyridine rings is 1. The fourth-order valence-electron chi connectivity index (χ4n) is 2.06. The summed E-state index contributed by atoms with van der Waals surface area (Å²) < 4.78 is 6.04. The van der Waals surface area contributed by atoms with Crippen LogP contribution in [0, 0.1) is 0 Å². The summed E-state index contributed by atoms with van der Waals surface area (Å²) in [5.74, 6) is 0.971. The molecule has 0 radical (unpaired) electrons. The van der Waals surface area contributed by atoms with Crippen molar-refractivity contribution in [2.75, 3.05) is 6.54 Å². The molecule has 3 heteroatoms. The van der Waals surface area contributed by atoms with E-state index in [0.717, 1.165) is 30.8 Å². The highest BCUT2D eigenvalue weighted by Crippen LogP contribution is 2.19. The number of nitrogens with one attached hydrogen (secondary N) is 1. The first-order valence-corrected chi connectivity index (χ1v) is 7.58. The summed E-state index contributed by atoms with van der Waals surface area (Å²) in [4.78, 5) is 4.17. The minimum atomic E-state index is 0.277. The Bertz CT molecular complexity index is 341. The van der Waals surface area contributed by atoms with Crippen molar-refractivity contribution >= 4 is 0 Å². The van der Waals surface area contributed by atoms with Crippen LogP contribution in [0.3, 0.4) is 0 Å². The molecule has 0 saturated carbocycles.